The van der Waals surface area contributed by atoms with Crippen molar-refractivity contribution in [2.75, 3.05) is 77.0 Å². The Morgan fingerprint density at radius 2 is 1.72 bits per heavy atom. The van der Waals surface area contributed by atoms with Crippen LogP contribution in [0.1, 0.15) is 114 Å². The third-order valence-corrected chi connectivity index (χ3v) is 19.1. The second-order valence-corrected chi connectivity index (χ2v) is 26.1. The lowest BCUT2D eigenvalue weighted by molar-refractivity contribution is -0.155. The molecule has 6 bridgehead atoms. The van der Waals surface area contributed by atoms with Gasteiger partial charge in [0.05, 0.1) is 52.7 Å². The smallest absolute Gasteiger partial charge is 0.406 e. The summed E-state index contributed by atoms with van der Waals surface area (Å²) in [5.41, 5.74) is 7.47. The highest BCUT2D eigenvalue weighted by Crippen LogP contribution is 2.46. The molecule has 78 heavy (non-hydrogen) atoms. The number of piperazine rings is 1. The van der Waals surface area contributed by atoms with Gasteiger partial charge in [0.2, 0.25) is 11.8 Å². The van der Waals surface area contributed by atoms with E-state index >= 15 is 18.0 Å². The minimum atomic E-state index is -4.56. The van der Waals surface area contributed by atoms with Crippen molar-refractivity contribution >= 4 is 51.6 Å². The Morgan fingerprint density at radius 3 is 2.45 bits per heavy atom. The molecular formula is C58H76F3N11O5S. The second kappa shape index (κ2) is 21.1. The number of hydrazine groups is 1. The number of fused-ring (bicyclic) bond motifs is 6. The van der Waals surface area contributed by atoms with Gasteiger partial charge in [-0.05, 0) is 99.9 Å². The summed E-state index contributed by atoms with van der Waals surface area (Å²) < 4.78 is 53.0. The van der Waals surface area contributed by atoms with E-state index < -0.39 is 42.2 Å². The maximum absolute atomic E-state index is 15.1. The van der Waals surface area contributed by atoms with E-state index in [2.05, 4.69) is 30.8 Å². The number of hydrogen-bond donors (Lipinski definition) is 3. The van der Waals surface area contributed by atoms with Gasteiger partial charge < -0.3 is 29.7 Å². The number of nitrogens with zero attached hydrogens (tertiary/aromatic N) is 8. The Balaban J connectivity index is 0.905. The zero-order chi connectivity index (χ0) is 54.3. The number of benzene rings is 1. The van der Waals surface area contributed by atoms with E-state index in [1.54, 1.807) is 6.07 Å². The lowest BCUT2D eigenvalue weighted by Gasteiger charge is -2.37. The van der Waals surface area contributed by atoms with Crippen molar-refractivity contribution in [1.29, 1.82) is 0 Å². The third kappa shape index (κ3) is 11.1. The summed E-state index contributed by atoms with van der Waals surface area (Å²) in [7, 11) is 0. The van der Waals surface area contributed by atoms with Crippen LogP contribution in [0.2, 0.25) is 0 Å². The number of amides is 3. The molecule has 9 heterocycles. The van der Waals surface area contributed by atoms with Crippen molar-refractivity contribution in [3.63, 3.8) is 0 Å². The van der Waals surface area contributed by atoms with Crippen LogP contribution in [-0.2, 0) is 43.3 Å². The van der Waals surface area contributed by atoms with Gasteiger partial charge in [0.1, 0.15) is 18.6 Å². The van der Waals surface area contributed by atoms with Crippen molar-refractivity contribution in [3.05, 3.63) is 52.1 Å². The molecule has 16 nitrogen and oxygen atoms in total. The molecule has 0 unspecified atom stereocenters. The maximum atomic E-state index is 15.1. The summed E-state index contributed by atoms with van der Waals surface area (Å²) in [6.07, 6.45) is 6.74. The highest BCUT2D eigenvalue weighted by atomic mass is 32.1. The van der Waals surface area contributed by atoms with E-state index in [9.17, 15) is 14.4 Å². The molecule has 2 aliphatic carbocycles. The summed E-state index contributed by atoms with van der Waals surface area (Å²) in [6.45, 7) is 14.1. The molecule has 5 saturated heterocycles. The number of halogens is 3. The second-order valence-electron chi connectivity index (χ2n) is 25.1. The highest BCUT2D eigenvalue weighted by Gasteiger charge is 2.51. The van der Waals surface area contributed by atoms with E-state index in [0.717, 1.165) is 90.0 Å². The Hall–Kier alpha value is -5.15. The van der Waals surface area contributed by atoms with Crippen molar-refractivity contribution in [3.8, 4) is 22.5 Å². The predicted octanol–water partition coefficient (Wildman–Crippen LogP) is 6.90. The fraction of sp³-hybridized carbons (Fsp3) is 0.655. The molecule has 5 atom stereocenters. The number of alkyl halides is 3. The Labute approximate surface area is 459 Å². The standard InChI is InChI=1S/C58H76F3N11O5S/c1-35(2)49-41(25-39(28-63-49)68-22-20-67(21-23-68)38-12-13-38)51-42-27-56(3,4)34-77-55(76)43-10-7-17-72(66-43)54(75)44(26-48-64-46(30-78-48)37-11-14-47(40(42)24-37)71(51)33-58(59,60)61)65-52(73)50(36-8-5-6-9-36)69-18-15-57(31-69)16-19-70(32-57)53(74)45-29-62-45/h11,14,24-25,28,30,35-36,38,43-45,50,62,66H,5-10,12-13,15-23,26-27,29,31-34H2,1-4H3,(H,65,73)/t43-,44-,45+,50-,57-/m0/s1. The van der Waals surface area contributed by atoms with Gasteiger partial charge in [-0.25, -0.2) is 10.4 Å². The highest BCUT2D eigenvalue weighted by molar-refractivity contribution is 7.10. The Kier molecular flexibility index (Phi) is 14.4. The van der Waals surface area contributed by atoms with Gasteiger partial charge in [0, 0.05) is 110 Å². The molecule has 1 spiro atoms. The van der Waals surface area contributed by atoms with Crippen LogP contribution in [0.25, 0.3) is 33.4 Å². The molecule has 8 aliphatic rings. The molecule has 12 rings (SSSR count). The average Bonchev–Trinajstić information content (AvgIpc) is 4.38. The van der Waals surface area contributed by atoms with E-state index in [0.29, 0.717) is 88.2 Å². The Bertz CT molecular complexity index is 2940. The fourth-order valence-electron chi connectivity index (χ4n) is 13.9. The molecule has 3 N–H and O–H groups in total. The first kappa shape index (κ1) is 53.5. The zero-order valence-electron chi connectivity index (χ0n) is 45.6. The largest absolute Gasteiger partial charge is 0.464 e. The van der Waals surface area contributed by atoms with E-state index in [-0.39, 0.29) is 60.5 Å². The molecule has 2 saturated carbocycles. The number of hydrogen-bond acceptors (Lipinski definition) is 13. The van der Waals surface area contributed by atoms with Crippen LogP contribution in [0.5, 0.6) is 0 Å². The van der Waals surface area contributed by atoms with Crippen LogP contribution < -0.4 is 21.0 Å². The number of carbonyl (C=O) groups is 4. The van der Waals surface area contributed by atoms with Gasteiger partial charge in [0.15, 0.2) is 0 Å². The fourth-order valence-corrected chi connectivity index (χ4v) is 14.8. The zero-order valence-corrected chi connectivity index (χ0v) is 46.5. The predicted molar refractivity (Wildman–Crippen MR) is 293 cm³/mol. The lowest BCUT2D eigenvalue weighted by Crippen LogP contribution is -2.62. The van der Waals surface area contributed by atoms with Gasteiger partial charge >= 0.3 is 12.1 Å². The number of carbonyl (C=O) groups excluding carboxylic acids is 4. The molecule has 20 heteroatoms. The van der Waals surface area contributed by atoms with Crippen LogP contribution in [0, 0.1) is 16.7 Å². The number of rotatable bonds is 10. The number of aromatic nitrogens is 3. The minimum Gasteiger partial charge on any atom is -0.464 e. The third-order valence-electron chi connectivity index (χ3n) is 18.2. The molecule has 3 aromatic heterocycles. The van der Waals surface area contributed by atoms with Crippen molar-refractivity contribution in [2.45, 2.75) is 154 Å². The van der Waals surface area contributed by atoms with Crippen LogP contribution in [0.15, 0.2) is 35.8 Å². The number of esters is 1. The SMILES string of the molecule is CC(C)c1ncc(N2CCN(C3CC3)CC2)cc1-c1c2c3cc(ccc3n1CC(F)(F)F)-c1csc(n1)C[C@H](NC(=O)[C@H](C1CCCC1)N1CC[C@]3(CCN(C(=O)[C@H]4CN4)C3)C1)C(=O)N1CCC[C@H](N1)C(=O)OCC(C)(C)C2. The maximum Gasteiger partial charge on any atom is 0.406 e. The van der Waals surface area contributed by atoms with Crippen LogP contribution in [-0.4, -0.2) is 166 Å². The number of cyclic esters (lactones) is 1. The number of ether oxygens (including phenoxy) is 1. The van der Waals surface area contributed by atoms with E-state index in [1.807, 2.05) is 62.4 Å². The molecule has 4 aromatic rings. The number of thiazole rings is 1. The monoisotopic (exact) mass is 1100 g/mol. The van der Waals surface area contributed by atoms with Crippen molar-refractivity contribution in [1.82, 2.24) is 50.3 Å². The molecule has 3 amide bonds. The van der Waals surface area contributed by atoms with Gasteiger partial charge in [-0.2, -0.15) is 13.2 Å². The minimum absolute atomic E-state index is 0.0375. The van der Waals surface area contributed by atoms with Crippen molar-refractivity contribution in [2.24, 2.45) is 16.7 Å². The van der Waals surface area contributed by atoms with E-state index in [4.69, 9.17) is 14.7 Å². The van der Waals surface area contributed by atoms with Gasteiger partial charge in [-0.3, -0.25) is 39.0 Å². The number of anilines is 1. The summed E-state index contributed by atoms with van der Waals surface area (Å²) in [4.78, 5) is 76.7. The normalized spacial score (nSPS) is 27.0. The Morgan fingerprint density at radius 1 is 0.949 bits per heavy atom. The van der Waals surface area contributed by atoms with E-state index in [1.165, 1.54) is 33.8 Å². The topological polar surface area (TPSA) is 170 Å². The van der Waals surface area contributed by atoms with Gasteiger partial charge in [0.25, 0.3) is 5.91 Å². The summed E-state index contributed by atoms with van der Waals surface area (Å²) in [5, 5.41) is 11.1. The molecule has 1 aromatic carbocycles. The van der Waals surface area contributed by atoms with Gasteiger partial charge in [-0.15, -0.1) is 11.3 Å². The first-order valence-corrected chi connectivity index (χ1v) is 29.7. The van der Waals surface area contributed by atoms with Gasteiger partial charge in [-0.1, -0.05) is 46.6 Å². The van der Waals surface area contributed by atoms with Crippen molar-refractivity contribution < 1.29 is 37.1 Å². The molecule has 6 aliphatic heterocycles. The first-order chi connectivity index (χ1) is 37.4. The quantitative estimate of drug-likeness (QED) is 0.111. The molecule has 7 fully saturated rings. The summed E-state index contributed by atoms with van der Waals surface area (Å²) >= 11 is 1.37. The summed E-state index contributed by atoms with van der Waals surface area (Å²) in [6, 6.07) is 5.81. The van der Waals surface area contributed by atoms with Crippen LogP contribution >= 0.6 is 11.3 Å². The number of pyridine rings is 1. The van der Waals surface area contributed by atoms with Crippen LogP contribution in [0.4, 0.5) is 18.9 Å². The average molecular weight is 1100 g/mol. The molecule has 420 valence electrons. The summed E-state index contributed by atoms with van der Waals surface area (Å²) in [5.74, 6) is -0.933. The lowest BCUT2D eigenvalue weighted by atomic mass is 9.84. The molecular weight excluding hydrogens is 1020 g/mol. The number of likely N-dealkylation sites (tertiary alicyclic amines) is 2. The first-order valence-electron chi connectivity index (χ1n) is 28.8. The van der Waals surface area contributed by atoms with Crippen LogP contribution in [0.3, 0.4) is 0 Å². The molecule has 0 radical (unpaired) electrons. The number of nitrogens with one attached hydrogen (secondary N) is 3.